The van der Waals surface area contributed by atoms with Gasteiger partial charge in [0, 0.05) is 35.4 Å². The number of allylic oxidation sites excluding steroid dienone is 1. The molecule has 2 aromatic carbocycles. The second kappa shape index (κ2) is 17.9. The van der Waals surface area contributed by atoms with Gasteiger partial charge in [-0.1, -0.05) is 99.4 Å². The molecule has 310 valence electrons. The predicted octanol–water partition coefficient (Wildman–Crippen LogP) is 8.34. The number of likely N-dealkylation sites (tertiary alicyclic amines) is 2. The van der Waals surface area contributed by atoms with Gasteiger partial charge in [-0.05, 0) is 68.1 Å². The Hall–Kier alpha value is -4.88. The molecule has 13 nitrogen and oxygen atoms in total. The zero-order valence-corrected chi connectivity index (χ0v) is 35.8. The Morgan fingerprint density at radius 2 is 1.16 bits per heavy atom. The first-order valence-corrected chi connectivity index (χ1v) is 20.6. The first-order valence-electron chi connectivity index (χ1n) is 19.9. The van der Waals surface area contributed by atoms with Crippen molar-refractivity contribution in [2.45, 2.75) is 110 Å². The molecule has 0 aliphatic carbocycles. The van der Waals surface area contributed by atoms with E-state index in [9.17, 15) is 19.2 Å². The Bertz CT molecular complexity index is 2080. The lowest BCUT2D eigenvalue weighted by Gasteiger charge is -2.33. The monoisotopic (exact) mass is 833 g/mol. The van der Waals surface area contributed by atoms with Crippen molar-refractivity contribution in [2.24, 2.45) is 16.8 Å². The summed E-state index contributed by atoms with van der Waals surface area (Å²) in [4.78, 5) is 68.3. The summed E-state index contributed by atoms with van der Waals surface area (Å²) in [6.45, 7) is 11.6. The van der Waals surface area contributed by atoms with Gasteiger partial charge in [-0.25, -0.2) is 19.6 Å². The summed E-state index contributed by atoms with van der Waals surface area (Å²) in [5.41, 5.74) is 6.12. The van der Waals surface area contributed by atoms with Crippen LogP contribution in [0.2, 0.25) is 5.15 Å². The van der Waals surface area contributed by atoms with Gasteiger partial charge in [-0.3, -0.25) is 9.59 Å². The Morgan fingerprint density at radius 3 is 1.64 bits per heavy atom. The van der Waals surface area contributed by atoms with Crippen LogP contribution in [0.15, 0.2) is 58.7 Å². The molecule has 3 N–H and O–H groups in total. The number of aliphatic imine (C=N–C) groups is 1. The van der Waals surface area contributed by atoms with Crippen molar-refractivity contribution in [3.63, 3.8) is 0 Å². The van der Waals surface area contributed by atoms with Crippen LogP contribution in [0.5, 0.6) is 0 Å². The van der Waals surface area contributed by atoms with Crippen LogP contribution in [0.1, 0.15) is 91.1 Å². The summed E-state index contributed by atoms with van der Waals surface area (Å²) in [6, 6.07) is 14.1. The molecule has 0 bridgehead atoms. The number of rotatable bonds is 11. The number of hydrogen-bond donors (Lipinski definition) is 3. The van der Waals surface area contributed by atoms with E-state index in [1.807, 2.05) is 95.0 Å². The molecule has 0 spiro atoms. The van der Waals surface area contributed by atoms with Crippen LogP contribution in [0.4, 0.5) is 9.59 Å². The maximum Gasteiger partial charge on any atom is 0.407 e. The van der Waals surface area contributed by atoms with E-state index < -0.39 is 24.3 Å². The number of benzene rings is 2. The molecule has 6 atom stereocenters. The highest BCUT2D eigenvalue weighted by molar-refractivity contribution is 6.35. The van der Waals surface area contributed by atoms with Gasteiger partial charge in [0.25, 0.3) is 0 Å². The number of H-pyrrole nitrogens is 1. The van der Waals surface area contributed by atoms with Crippen LogP contribution >= 0.6 is 23.2 Å². The first-order chi connectivity index (χ1) is 27.6. The fraction of sp³-hybridized carbons (Fsp3) is 0.488. The quantitative estimate of drug-likeness (QED) is 0.164. The van der Waals surface area contributed by atoms with Gasteiger partial charge in [0.1, 0.15) is 33.9 Å². The summed E-state index contributed by atoms with van der Waals surface area (Å²) < 4.78 is 9.57. The molecule has 0 saturated carbocycles. The van der Waals surface area contributed by atoms with E-state index in [1.165, 1.54) is 14.2 Å². The van der Waals surface area contributed by atoms with E-state index in [0.717, 1.165) is 52.8 Å². The van der Waals surface area contributed by atoms with Crippen LogP contribution in [0, 0.1) is 11.8 Å². The van der Waals surface area contributed by atoms with Gasteiger partial charge in [-0.15, -0.1) is 0 Å². The average molecular weight is 835 g/mol. The zero-order chi connectivity index (χ0) is 42.0. The third kappa shape index (κ3) is 8.75. The number of carbonyl (C=O) groups is 4. The fourth-order valence-corrected chi connectivity index (χ4v) is 8.86. The lowest BCUT2D eigenvalue weighted by Crippen LogP contribution is -2.55. The molecule has 1 aromatic heterocycles. The lowest BCUT2D eigenvalue weighted by molar-refractivity contribution is -0.137. The summed E-state index contributed by atoms with van der Waals surface area (Å²) in [6.07, 6.45) is 2.31. The number of aromatic nitrogens is 2. The summed E-state index contributed by atoms with van der Waals surface area (Å²) in [5.74, 6) is -0.0220. The van der Waals surface area contributed by atoms with E-state index in [4.69, 9.17) is 42.7 Å². The number of nitrogens with zero attached hydrogens (tertiary/aromatic N) is 4. The number of carbonyl (C=O) groups excluding carboxylic acids is 4. The van der Waals surface area contributed by atoms with Crippen molar-refractivity contribution in [1.29, 1.82) is 0 Å². The van der Waals surface area contributed by atoms with Crippen LogP contribution in [0.3, 0.4) is 0 Å². The number of imidazole rings is 1. The number of amides is 4. The molecule has 15 heteroatoms. The Balaban J connectivity index is 1.13. The number of halogens is 2. The second-order valence-electron chi connectivity index (χ2n) is 16.1. The predicted molar refractivity (Wildman–Crippen MR) is 225 cm³/mol. The molecule has 2 fully saturated rings. The molecule has 0 unspecified atom stereocenters. The largest absolute Gasteiger partial charge is 0.453 e. The molecule has 3 aliphatic heterocycles. The minimum absolute atomic E-state index is 0.0153. The van der Waals surface area contributed by atoms with Crippen LogP contribution < -0.4 is 10.6 Å². The average Bonchev–Trinajstić information content (AvgIpc) is 3.99. The van der Waals surface area contributed by atoms with E-state index in [1.54, 1.807) is 4.90 Å². The van der Waals surface area contributed by atoms with Gasteiger partial charge in [-0.2, -0.15) is 0 Å². The summed E-state index contributed by atoms with van der Waals surface area (Å²) >= 11 is 13.5. The van der Waals surface area contributed by atoms with Gasteiger partial charge < -0.3 is 34.9 Å². The number of ether oxygens (including phenoxy) is 2. The topological polar surface area (TPSA) is 158 Å². The number of nitrogens with one attached hydrogen (secondary N) is 3. The molecule has 2 saturated heterocycles. The number of methoxy groups -OCH3 is 2. The van der Waals surface area contributed by atoms with Crippen molar-refractivity contribution in [2.75, 3.05) is 14.2 Å². The normalized spacial score (nSPS) is 21.7. The van der Waals surface area contributed by atoms with Gasteiger partial charge in [0.05, 0.1) is 26.3 Å². The van der Waals surface area contributed by atoms with Crippen molar-refractivity contribution >= 4 is 58.5 Å². The molecule has 3 aliphatic rings. The fourth-order valence-electron chi connectivity index (χ4n) is 8.33. The molecule has 58 heavy (non-hydrogen) atoms. The van der Waals surface area contributed by atoms with E-state index >= 15 is 0 Å². The summed E-state index contributed by atoms with van der Waals surface area (Å²) in [5, 5.41) is 6.21. The standard InChI is InChI=1S/C43H53Cl2N7O6/c1-22(2)34(48-42(55)57-7)40(53)51-24(5)9-19-32(51)31-21-30(37(44)46-31)28-15-11-26(12-16-28)27-13-17-29(18-14-27)36-38(45)50-39(47-36)33-20-10-25(6)52(33)41(54)35(23(3)4)49-43(56)58-8/h11-18,22-25,32-35H,9-10,19-21H2,1-8H3,(H,47,50)(H,48,55)(H,49,56)/t24-,25-,32-,33-,34-,35-/m0/s1. The number of hydrogen-bond acceptors (Lipinski definition) is 8. The van der Waals surface area contributed by atoms with Crippen molar-refractivity contribution in [3.8, 4) is 22.4 Å². The van der Waals surface area contributed by atoms with Crippen LogP contribution in [0.25, 0.3) is 28.0 Å². The molecule has 6 rings (SSSR count). The molecular formula is C43H53Cl2N7O6. The summed E-state index contributed by atoms with van der Waals surface area (Å²) in [7, 11) is 2.56. The SMILES string of the molecule is COC(=O)N[C@H](C(=O)N1[C@@H](C)CC[C@H]1C1=NC(Cl)=C(c2ccc(-c3ccc(-c4nc([C@@H]5CC[C@H](C)N5C(=O)[C@@H](NC(=O)OC)C(C)C)[nH]c4Cl)cc3)cc2)C1)C(C)C. The lowest BCUT2D eigenvalue weighted by atomic mass is 9.95. The van der Waals surface area contributed by atoms with E-state index in [2.05, 4.69) is 15.6 Å². The molecular weight excluding hydrogens is 781 g/mol. The second-order valence-corrected chi connectivity index (χ2v) is 16.8. The third-order valence-corrected chi connectivity index (χ3v) is 12.2. The van der Waals surface area contributed by atoms with Gasteiger partial charge >= 0.3 is 12.2 Å². The number of alkyl carbamates (subject to hydrolysis) is 2. The van der Waals surface area contributed by atoms with Crippen LogP contribution in [-0.4, -0.2) is 93.9 Å². The zero-order valence-electron chi connectivity index (χ0n) is 34.3. The highest BCUT2D eigenvalue weighted by atomic mass is 35.5. The number of aromatic amines is 1. The Morgan fingerprint density at radius 1 is 0.707 bits per heavy atom. The van der Waals surface area contributed by atoms with Crippen molar-refractivity contribution < 1.29 is 28.7 Å². The minimum atomic E-state index is -0.745. The van der Waals surface area contributed by atoms with E-state index in [-0.39, 0.29) is 47.8 Å². The maximum atomic E-state index is 13.8. The maximum absolute atomic E-state index is 13.8. The minimum Gasteiger partial charge on any atom is -0.453 e. The van der Waals surface area contributed by atoms with E-state index in [0.29, 0.717) is 34.7 Å². The van der Waals surface area contributed by atoms with Gasteiger partial charge in [0.15, 0.2) is 0 Å². The first kappa shape index (κ1) is 42.7. The Kier molecular flexibility index (Phi) is 13.2. The Labute approximate surface area is 349 Å². The van der Waals surface area contributed by atoms with Crippen molar-refractivity contribution in [1.82, 2.24) is 30.4 Å². The molecule has 3 aromatic rings. The highest BCUT2D eigenvalue weighted by Crippen LogP contribution is 2.40. The molecule has 4 amide bonds. The smallest absolute Gasteiger partial charge is 0.407 e. The third-order valence-electron chi connectivity index (χ3n) is 11.6. The van der Waals surface area contributed by atoms with Gasteiger partial charge in [0.2, 0.25) is 11.8 Å². The molecule has 0 radical (unpaired) electrons. The van der Waals surface area contributed by atoms with Crippen molar-refractivity contribution in [3.05, 3.63) is 70.2 Å². The highest BCUT2D eigenvalue weighted by Gasteiger charge is 2.43. The molecule has 4 heterocycles. The van der Waals surface area contributed by atoms with Crippen LogP contribution in [-0.2, 0) is 19.1 Å².